The molecule has 0 saturated carbocycles. The van der Waals surface area contributed by atoms with Gasteiger partial charge in [-0.3, -0.25) is 9.89 Å². The summed E-state index contributed by atoms with van der Waals surface area (Å²) in [6.07, 6.45) is 0. The van der Waals surface area contributed by atoms with Crippen molar-refractivity contribution in [2.75, 3.05) is 6.54 Å². The number of nitrogens with zero attached hydrogens (tertiary/aromatic N) is 1. The van der Waals surface area contributed by atoms with Crippen LogP contribution in [-0.4, -0.2) is 22.6 Å². The maximum absolute atomic E-state index is 11.3. The van der Waals surface area contributed by atoms with Crippen LogP contribution >= 0.6 is 0 Å². The van der Waals surface area contributed by atoms with Crippen molar-refractivity contribution in [2.24, 2.45) is 0 Å². The van der Waals surface area contributed by atoms with Crippen LogP contribution in [0.5, 0.6) is 0 Å². The zero-order chi connectivity index (χ0) is 9.84. The van der Waals surface area contributed by atoms with Gasteiger partial charge in [0.05, 0.1) is 0 Å². The van der Waals surface area contributed by atoms with E-state index in [0.29, 0.717) is 12.2 Å². The molecule has 0 radical (unpaired) electrons. The van der Waals surface area contributed by atoms with Gasteiger partial charge in [-0.1, -0.05) is 12.2 Å². The number of hydrogen-bond acceptors (Lipinski definition) is 2. The third-order valence-corrected chi connectivity index (χ3v) is 1.49. The minimum absolute atomic E-state index is 0.174. The van der Waals surface area contributed by atoms with Crippen LogP contribution < -0.4 is 5.32 Å². The normalized spacial score (nSPS) is 9.69. The highest BCUT2D eigenvalue weighted by Crippen LogP contribution is 1.97. The van der Waals surface area contributed by atoms with Gasteiger partial charge in [-0.15, -0.1) is 0 Å². The molecular weight excluding hydrogens is 166 g/mol. The summed E-state index contributed by atoms with van der Waals surface area (Å²) >= 11 is 0. The van der Waals surface area contributed by atoms with Gasteiger partial charge in [-0.25, -0.2) is 0 Å². The Morgan fingerprint density at radius 2 is 2.46 bits per heavy atom. The largest absolute Gasteiger partial charge is 0.347 e. The molecule has 0 unspecified atom stereocenters. The highest BCUT2D eigenvalue weighted by Gasteiger charge is 2.07. The van der Waals surface area contributed by atoms with Crippen LogP contribution in [0, 0.1) is 6.92 Å². The van der Waals surface area contributed by atoms with E-state index in [4.69, 9.17) is 0 Å². The van der Waals surface area contributed by atoms with Crippen LogP contribution in [0.4, 0.5) is 0 Å². The number of nitrogens with one attached hydrogen (secondary N) is 2. The van der Waals surface area contributed by atoms with Crippen molar-refractivity contribution in [1.82, 2.24) is 15.5 Å². The molecule has 13 heavy (non-hydrogen) atoms. The number of carbonyl (C=O) groups is 1. The Kier molecular flexibility index (Phi) is 2.84. The number of carbonyl (C=O) groups excluding carboxylic acids is 1. The molecule has 0 atom stereocenters. The van der Waals surface area contributed by atoms with Crippen molar-refractivity contribution < 1.29 is 4.79 Å². The Balaban J connectivity index is 2.54. The van der Waals surface area contributed by atoms with Gasteiger partial charge in [0, 0.05) is 12.2 Å². The molecule has 0 aromatic carbocycles. The van der Waals surface area contributed by atoms with Gasteiger partial charge in [0.25, 0.3) is 5.91 Å². The van der Waals surface area contributed by atoms with Crippen LogP contribution in [0.1, 0.15) is 23.1 Å². The summed E-state index contributed by atoms with van der Waals surface area (Å²) in [6.45, 7) is 7.88. The fourth-order valence-electron chi connectivity index (χ4n) is 0.856. The molecule has 1 heterocycles. The molecule has 4 nitrogen and oxygen atoms in total. The first-order chi connectivity index (χ1) is 6.09. The molecule has 1 rings (SSSR count). The second-order valence-electron chi connectivity index (χ2n) is 3.08. The lowest BCUT2D eigenvalue weighted by Crippen LogP contribution is -2.25. The van der Waals surface area contributed by atoms with Crippen molar-refractivity contribution in [2.45, 2.75) is 13.8 Å². The summed E-state index contributed by atoms with van der Waals surface area (Å²) in [6, 6.07) is 1.70. The third kappa shape index (κ3) is 2.74. The topological polar surface area (TPSA) is 57.8 Å². The van der Waals surface area contributed by atoms with Crippen molar-refractivity contribution in [3.05, 3.63) is 29.6 Å². The second-order valence-corrected chi connectivity index (χ2v) is 3.08. The Labute approximate surface area is 77.0 Å². The summed E-state index contributed by atoms with van der Waals surface area (Å²) in [4.78, 5) is 11.3. The predicted octanol–water partition coefficient (Wildman–Crippen LogP) is 1.02. The van der Waals surface area contributed by atoms with Crippen LogP contribution in [0.2, 0.25) is 0 Å². The van der Waals surface area contributed by atoms with Crippen molar-refractivity contribution in [3.63, 3.8) is 0 Å². The number of H-pyrrole nitrogens is 1. The molecule has 0 aliphatic rings. The van der Waals surface area contributed by atoms with Gasteiger partial charge in [-0.05, 0) is 19.9 Å². The number of amides is 1. The smallest absolute Gasteiger partial charge is 0.272 e. The van der Waals surface area contributed by atoms with E-state index in [9.17, 15) is 4.79 Å². The van der Waals surface area contributed by atoms with Crippen LogP contribution in [0.15, 0.2) is 18.2 Å². The molecule has 70 valence electrons. The first kappa shape index (κ1) is 9.51. The maximum atomic E-state index is 11.3. The van der Waals surface area contributed by atoms with E-state index in [-0.39, 0.29) is 5.91 Å². The van der Waals surface area contributed by atoms with E-state index >= 15 is 0 Å². The Hall–Kier alpha value is -1.58. The first-order valence-corrected chi connectivity index (χ1v) is 4.04. The van der Waals surface area contributed by atoms with Crippen LogP contribution in [-0.2, 0) is 0 Å². The van der Waals surface area contributed by atoms with E-state index in [2.05, 4.69) is 22.1 Å². The molecule has 1 amide bonds. The Morgan fingerprint density at radius 1 is 1.77 bits per heavy atom. The van der Waals surface area contributed by atoms with E-state index in [1.54, 1.807) is 6.07 Å². The van der Waals surface area contributed by atoms with Crippen molar-refractivity contribution in [3.8, 4) is 0 Å². The summed E-state index contributed by atoms with van der Waals surface area (Å²) in [5.74, 6) is -0.174. The minimum Gasteiger partial charge on any atom is -0.347 e. The van der Waals surface area contributed by atoms with E-state index in [1.807, 2.05) is 13.8 Å². The number of rotatable bonds is 3. The van der Waals surface area contributed by atoms with Crippen LogP contribution in [0.3, 0.4) is 0 Å². The van der Waals surface area contributed by atoms with E-state index in [0.717, 1.165) is 11.3 Å². The standard InChI is InChI=1S/C9H13N3O/c1-6(2)5-10-9(13)8-4-7(3)11-12-8/h4H,1,5H2,2-3H3,(H,10,13)(H,11,12). The predicted molar refractivity (Wildman–Crippen MR) is 50.5 cm³/mol. The molecule has 0 spiro atoms. The number of hydrogen-bond donors (Lipinski definition) is 2. The molecular formula is C9H13N3O. The fourth-order valence-corrected chi connectivity index (χ4v) is 0.856. The molecule has 2 N–H and O–H groups in total. The lowest BCUT2D eigenvalue weighted by atomic mass is 10.3. The first-order valence-electron chi connectivity index (χ1n) is 4.04. The van der Waals surface area contributed by atoms with E-state index in [1.165, 1.54) is 0 Å². The molecule has 0 saturated heterocycles. The van der Waals surface area contributed by atoms with Crippen molar-refractivity contribution in [1.29, 1.82) is 0 Å². The molecule has 0 aliphatic carbocycles. The highest BCUT2D eigenvalue weighted by atomic mass is 16.1. The summed E-state index contributed by atoms with van der Waals surface area (Å²) < 4.78 is 0. The summed E-state index contributed by atoms with van der Waals surface area (Å²) in [7, 11) is 0. The van der Waals surface area contributed by atoms with Gasteiger partial charge >= 0.3 is 0 Å². The molecule has 4 heteroatoms. The fraction of sp³-hybridized carbons (Fsp3) is 0.333. The maximum Gasteiger partial charge on any atom is 0.272 e. The lowest BCUT2D eigenvalue weighted by molar-refractivity contribution is 0.0952. The van der Waals surface area contributed by atoms with Gasteiger partial charge in [-0.2, -0.15) is 5.10 Å². The number of aromatic amines is 1. The Bertz CT molecular complexity index is 327. The van der Waals surface area contributed by atoms with Gasteiger partial charge < -0.3 is 5.32 Å². The van der Waals surface area contributed by atoms with Gasteiger partial charge in [0.15, 0.2) is 0 Å². The van der Waals surface area contributed by atoms with Gasteiger partial charge in [0.2, 0.25) is 0 Å². The third-order valence-electron chi connectivity index (χ3n) is 1.49. The molecule has 1 aromatic rings. The molecule has 0 bridgehead atoms. The lowest BCUT2D eigenvalue weighted by Gasteiger charge is -2.00. The molecule has 0 aliphatic heterocycles. The zero-order valence-electron chi connectivity index (χ0n) is 7.85. The average molecular weight is 179 g/mol. The average Bonchev–Trinajstić information content (AvgIpc) is 2.47. The molecule has 1 aromatic heterocycles. The minimum atomic E-state index is -0.174. The quantitative estimate of drug-likeness (QED) is 0.681. The number of aryl methyl sites for hydroxylation is 1. The van der Waals surface area contributed by atoms with E-state index < -0.39 is 0 Å². The zero-order valence-corrected chi connectivity index (χ0v) is 7.85. The Morgan fingerprint density at radius 3 is 2.92 bits per heavy atom. The molecule has 0 fully saturated rings. The van der Waals surface area contributed by atoms with Gasteiger partial charge in [0.1, 0.15) is 5.69 Å². The number of aromatic nitrogens is 2. The monoisotopic (exact) mass is 179 g/mol. The second kappa shape index (κ2) is 3.89. The SMILES string of the molecule is C=C(C)CNC(=O)c1cc(C)[nH]n1. The summed E-state index contributed by atoms with van der Waals surface area (Å²) in [5.41, 5.74) is 2.21. The summed E-state index contributed by atoms with van der Waals surface area (Å²) in [5, 5.41) is 9.22. The van der Waals surface area contributed by atoms with Crippen LogP contribution in [0.25, 0.3) is 0 Å². The van der Waals surface area contributed by atoms with Crippen molar-refractivity contribution >= 4 is 5.91 Å². The highest BCUT2D eigenvalue weighted by molar-refractivity contribution is 5.92.